The van der Waals surface area contributed by atoms with Crippen LogP contribution in [0.25, 0.3) is 0 Å². The molecule has 1 aromatic carbocycles. The van der Waals surface area contributed by atoms with Gasteiger partial charge in [-0.3, -0.25) is 0 Å². The van der Waals surface area contributed by atoms with E-state index in [0.717, 1.165) is 19.3 Å². The molecule has 0 spiro atoms. The summed E-state index contributed by atoms with van der Waals surface area (Å²) in [4.78, 5) is 4.78. The molecule has 1 saturated heterocycles. The summed E-state index contributed by atoms with van der Waals surface area (Å²) < 4.78 is 37.7. The molecular weight excluding hydrogens is 368 g/mol. The first-order chi connectivity index (χ1) is 12.9. The number of nitrogens with two attached hydrogens (primary N) is 1. The van der Waals surface area contributed by atoms with E-state index in [9.17, 15) is 8.42 Å². The molecule has 2 aromatic rings. The van der Waals surface area contributed by atoms with Crippen molar-refractivity contribution >= 4 is 10.0 Å². The van der Waals surface area contributed by atoms with Crippen LogP contribution in [0.4, 0.5) is 0 Å². The van der Waals surface area contributed by atoms with Crippen LogP contribution in [0, 0.1) is 0 Å². The number of methoxy groups -OCH3 is 1. The van der Waals surface area contributed by atoms with Crippen LogP contribution in [0.1, 0.15) is 49.7 Å². The number of benzene rings is 1. The van der Waals surface area contributed by atoms with Gasteiger partial charge >= 0.3 is 0 Å². The summed E-state index contributed by atoms with van der Waals surface area (Å²) in [6.45, 7) is 0.842. The van der Waals surface area contributed by atoms with Gasteiger partial charge in [-0.05, 0) is 56.4 Å². The third-order valence-electron chi connectivity index (χ3n) is 5.63. The Hall–Kier alpha value is -1.97. The van der Waals surface area contributed by atoms with E-state index < -0.39 is 15.6 Å². The Bertz CT molecular complexity index is 898. The number of hydrogen-bond acceptors (Lipinski definition) is 7. The fourth-order valence-electron chi connectivity index (χ4n) is 3.62. The molecule has 1 aliphatic heterocycles. The Morgan fingerprint density at radius 1 is 1.22 bits per heavy atom. The SMILES string of the molecule is COc1ccc(S(=O)(=O)N2CCC(c3nc(C4(N)CCC4)no3)CC2)cc1. The third kappa shape index (κ3) is 3.35. The van der Waals surface area contributed by atoms with E-state index in [-0.39, 0.29) is 10.8 Å². The minimum Gasteiger partial charge on any atom is -0.497 e. The van der Waals surface area contributed by atoms with Gasteiger partial charge in [0.2, 0.25) is 15.9 Å². The van der Waals surface area contributed by atoms with Gasteiger partial charge in [-0.15, -0.1) is 0 Å². The Morgan fingerprint density at radius 2 is 1.89 bits per heavy atom. The molecular formula is C18H24N4O4S. The second-order valence-electron chi connectivity index (χ2n) is 7.32. The topological polar surface area (TPSA) is 112 Å². The molecule has 146 valence electrons. The molecule has 4 rings (SSSR count). The molecule has 1 aliphatic carbocycles. The monoisotopic (exact) mass is 392 g/mol. The predicted molar refractivity (Wildman–Crippen MR) is 97.7 cm³/mol. The Balaban J connectivity index is 1.42. The normalized spacial score (nSPS) is 21.0. The van der Waals surface area contributed by atoms with Crippen molar-refractivity contribution in [2.24, 2.45) is 5.73 Å². The number of piperidine rings is 1. The summed E-state index contributed by atoms with van der Waals surface area (Å²) in [5, 5.41) is 4.06. The van der Waals surface area contributed by atoms with Crippen molar-refractivity contribution in [3.05, 3.63) is 36.0 Å². The van der Waals surface area contributed by atoms with Crippen LogP contribution in [0.2, 0.25) is 0 Å². The molecule has 0 radical (unpaired) electrons. The molecule has 2 N–H and O–H groups in total. The molecule has 1 aromatic heterocycles. The number of ether oxygens (including phenoxy) is 1. The summed E-state index contributed by atoms with van der Waals surface area (Å²) in [6, 6.07) is 6.46. The Kier molecular flexibility index (Phi) is 4.69. The summed E-state index contributed by atoms with van der Waals surface area (Å²) in [5.74, 6) is 1.85. The van der Waals surface area contributed by atoms with Crippen LogP contribution in [0.5, 0.6) is 5.75 Å². The van der Waals surface area contributed by atoms with E-state index in [4.69, 9.17) is 15.0 Å². The van der Waals surface area contributed by atoms with Crippen molar-refractivity contribution in [3.8, 4) is 5.75 Å². The maximum Gasteiger partial charge on any atom is 0.243 e. The fourth-order valence-corrected chi connectivity index (χ4v) is 5.09. The first-order valence-corrected chi connectivity index (χ1v) is 10.6. The van der Waals surface area contributed by atoms with Crippen LogP contribution >= 0.6 is 0 Å². The first-order valence-electron chi connectivity index (χ1n) is 9.19. The molecule has 0 unspecified atom stereocenters. The summed E-state index contributed by atoms with van der Waals surface area (Å²) in [5.41, 5.74) is 5.81. The molecule has 27 heavy (non-hydrogen) atoms. The number of aromatic nitrogens is 2. The van der Waals surface area contributed by atoms with Crippen molar-refractivity contribution < 1.29 is 17.7 Å². The third-order valence-corrected chi connectivity index (χ3v) is 7.55. The highest BCUT2D eigenvalue weighted by Crippen LogP contribution is 2.38. The molecule has 0 atom stereocenters. The van der Waals surface area contributed by atoms with E-state index in [1.807, 2.05) is 0 Å². The highest BCUT2D eigenvalue weighted by Gasteiger charge is 2.40. The van der Waals surface area contributed by atoms with Crippen LogP contribution in [0.15, 0.2) is 33.7 Å². The average Bonchev–Trinajstić information content (AvgIpc) is 3.17. The maximum absolute atomic E-state index is 12.8. The molecule has 8 nitrogen and oxygen atoms in total. The molecule has 0 amide bonds. The molecule has 1 saturated carbocycles. The van der Waals surface area contributed by atoms with Crippen molar-refractivity contribution in [2.45, 2.75) is 48.5 Å². The lowest BCUT2D eigenvalue weighted by atomic mass is 9.77. The highest BCUT2D eigenvalue weighted by molar-refractivity contribution is 7.89. The molecule has 0 bridgehead atoms. The average molecular weight is 392 g/mol. The zero-order valence-corrected chi connectivity index (χ0v) is 16.1. The standard InChI is InChI=1S/C18H24N4O4S/c1-25-14-3-5-15(6-4-14)27(23,24)22-11-7-13(8-12-22)16-20-17(21-26-16)18(19)9-2-10-18/h3-6,13H,2,7-12,19H2,1H3. The van der Waals surface area contributed by atoms with E-state index in [1.165, 1.54) is 4.31 Å². The van der Waals surface area contributed by atoms with Gasteiger partial charge in [-0.1, -0.05) is 5.16 Å². The van der Waals surface area contributed by atoms with Crippen LogP contribution in [-0.2, 0) is 15.6 Å². The summed E-state index contributed by atoms with van der Waals surface area (Å²) in [6.07, 6.45) is 4.14. The van der Waals surface area contributed by atoms with Crippen molar-refractivity contribution in [2.75, 3.05) is 20.2 Å². The number of rotatable bonds is 5. The van der Waals surface area contributed by atoms with Gasteiger partial charge in [-0.25, -0.2) is 8.42 Å². The number of hydrogen-bond donors (Lipinski definition) is 1. The lowest BCUT2D eigenvalue weighted by Gasteiger charge is -2.34. The predicted octanol–water partition coefficient (Wildman–Crippen LogP) is 1.98. The van der Waals surface area contributed by atoms with Crippen LogP contribution in [-0.4, -0.2) is 43.1 Å². The Labute approximate surface area is 158 Å². The largest absolute Gasteiger partial charge is 0.497 e. The van der Waals surface area contributed by atoms with Gasteiger partial charge in [0, 0.05) is 19.0 Å². The van der Waals surface area contributed by atoms with Crippen LogP contribution in [0.3, 0.4) is 0 Å². The maximum atomic E-state index is 12.8. The number of sulfonamides is 1. The van der Waals surface area contributed by atoms with Crippen molar-refractivity contribution in [3.63, 3.8) is 0 Å². The fraction of sp³-hybridized carbons (Fsp3) is 0.556. The van der Waals surface area contributed by atoms with Crippen molar-refractivity contribution in [1.82, 2.24) is 14.4 Å². The quantitative estimate of drug-likeness (QED) is 0.828. The van der Waals surface area contributed by atoms with Gasteiger partial charge in [-0.2, -0.15) is 9.29 Å². The lowest BCUT2D eigenvalue weighted by molar-refractivity contribution is 0.227. The van der Waals surface area contributed by atoms with Gasteiger partial charge in [0.15, 0.2) is 5.82 Å². The van der Waals surface area contributed by atoms with Gasteiger partial charge in [0.25, 0.3) is 0 Å². The lowest BCUT2D eigenvalue weighted by Crippen LogP contribution is -2.44. The van der Waals surface area contributed by atoms with E-state index in [1.54, 1.807) is 31.4 Å². The van der Waals surface area contributed by atoms with Crippen LogP contribution < -0.4 is 10.5 Å². The highest BCUT2D eigenvalue weighted by atomic mass is 32.2. The van der Waals surface area contributed by atoms with Gasteiger partial charge < -0.3 is 15.0 Å². The summed E-state index contributed by atoms with van der Waals surface area (Å²) in [7, 11) is -1.96. The molecule has 9 heteroatoms. The van der Waals surface area contributed by atoms with E-state index in [0.29, 0.717) is 43.4 Å². The summed E-state index contributed by atoms with van der Waals surface area (Å²) >= 11 is 0. The van der Waals surface area contributed by atoms with Gasteiger partial charge in [0.05, 0.1) is 17.5 Å². The number of nitrogens with zero attached hydrogens (tertiary/aromatic N) is 3. The minimum absolute atomic E-state index is 0.0669. The zero-order valence-electron chi connectivity index (χ0n) is 15.3. The van der Waals surface area contributed by atoms with E-state index in [2.05, 4.69) is 10.1 Å². The van der Waals surface area contributed by atoms with Gasteiger partial charge in [0.1, 0.15) is 5.75 Å². The smallest absolute Gasteiger partial charge is 0.243 e. The van der Waals surface area contributed by atoms with E-state index >= 15 is 0 Å². The molecule has 2 heterocycles. The molecule has 2 aliphatic rings. The second kappa shape index (κ2) is 6.88. The molecule has 2 fully saturated rings. The minimum atomic E-state index is -3.51. The van der Waals surface area contributed by atoms with Crippen molar-refractivity contribution in [1.29, 1.82) is 0 Å². The first kappa shape index (κ1) is 18.4. The Morgan fingerprint density at radius 3 is 2.44 bits per heavy atom. The zero-order chi connectivity index (χ0) is 19.1. The second-order valence-corrected chi connectivity index (χ2v) is 9.26.